The highest BCUT2D eigenvalue weighted by molar-refractivity contribution is 9.11. The first-order valence-corrected chi connectivity index (χ1v) is 12.1. The van der Waals surface area contributed by atoms with Gasteiger partial charge in [-0.15, -0.1) is 0 Å². The number of alkyl halides is 3. The Kier molecular flexibility index (Phi) is 9.13. The average molecular weight is 637 g/mol. The molecule has 3 aromatic rings. The highest BCUT2D eigenvalue weighted by Crippen LogP contribution is 2.35. The summed E-state index contributed by atoms with van der Waals surface area (Å²) in [5.74, 6) is -0.921. The first kappa shape index (κ1) is 28.0. The molecule has 0 bridgehead atoms. The van der Waals surface area contributed by atoms with Crippen LogP contribution in [-0.2, 0) is 15.8 Å². The molecule has 0 saturated carbocycles. The smallest absolute Gasteiger partial charge is 0.416 e. The van der Waals surface area contributed by atoms with Crippen molar-refractivity contribution in [2.24, 2.45) is 0 Å². The standard InChI is InChI=1S/C26H18Br2F3N3O3/c1-15-5-7-19(8-6-15)33-23(35)14-37-24-21(27)10-16(11-22(24)28)9-17(13-32)25(36)34-20-4-2-3-18(12-20)26(29,30)31/h2-12H,14H2,1H3,(H,33,35)(H,34,36)/b17-9+. The van der Waals surface area contributed by atoms with Crippen LogP contribution < -0.4 is 15.4 Å². The number of aryl methyl sites for hydroxylation is 1. The Morgan fingerprint density at radius 3 is 2.24 bits per heavy atom. The van der Waals surface area contributed by atoms with Gasteiger partial charge in [0.1, 0.15) is 17.4 Å². The Bertz CT molecular complexity index is 1380. The van der Waals surface area contributed by atoms with E-state index in [1.807, 2.05) is 19.1 Å². The number of carbonyl (C=O) groups excluding carboxylic acids is 2. The summed E-state index contributed by atoms with van der Waals surface area (Å²) >= 11 is 6.69. The average Bonchev–Trinajstić information content (AvgIpc) is 2.83. The van der Waals surface area contributed by atoms with Gasteiger partial charge in [-0.2, -0.15) is 18.4 Å². The molecule has 190 valence electrons. The summed E-state index contributed by atoms with van der Waals surface area (Å²) in [7, 11) is 0. The second-order valence-electron chi connectivity index (χ2n) is 7.72. The van der Waals surface area contributed by atoms with Crippen LogP contribution in [0.4, 0.5) is 24.5 Å². The normalized spacial score (nSPS) is 11.4. The van der Waals surface area contributed by atoms with E-state index in [4.69, 9.17) is 4.74 Å². The summed E-state index contributed by atoms with van der Waals surface area (Å²) in [4.78, 5) is 24.7. The van der Waals surface area contributed by atoms with Crippen molar-refractivity contribution in [1.29, 1.82) is 5.26 Å². The van der Waals surface area contributed by atoms with Gasteiger partial charge in [-0.3, -0.25) is 9.59 Å². The van der Waals surface area contributed by atoms with Crippen LogP contribution >= 0.6 is 31.9 Å². The van der Waals surface area contributed by atoms with Gasteiger partial charge in [0.15, 0.2) is 6.61 Å². The number of halogens is 5. The number of hydrogen-bond donors (Lipinski definition) is 2. The molecule has 0 fully saturated rings. The van der Waals surface area contributed by atoms with Gasteiger partial charge in [-0.25, -0.2) is 0 Å². The molecule has 3 aromatic carbocycles. The summed E-state index contributed by atoms with van der Waals surface area (Å²) in [5, 5.41) is 14.5. The number of nitrogens with zero attached hydrogens (tertiary/aromatic N) is 1. The molecule has 3 rings (SSSR count). The summed E-state index contributed by atoms with van der Waals surface area (Å²) < 4.78 is 45.2. The van der Waals surface area contributed by atoms with E-state index in [1.165, 1.54) is 12.1 Å². The van der Waals surface area contributed by atoms with Gasteiger partial charge in [0.2, 0.25) is 0 Å². The lowest BCUT2D eigenvalue weighted by atomic mass is 10.1. The van der Waals surface area contributed by atoms with E-state index in [1.54, 1.807) is 30.3 Å². The zero-order valence-electron chi connectivity index (χ0n) is 19.1. The van der Waals surface area contributed by atoms with Crippen LogP contribution in [-0.4, -0.2) is 18.4 Å². The van der Waals surface area contributed by atoms with Crippen molar-refractivity contribution >= 4 is 61.1 Å². The zero-order chi connectivity index (χ0) is 27.2. The summed E-state index contributed by atoms with van der Waals surface area (Å²) in [5.41, 5.74) is 0.752. The first-order valence-electron chi connectivity index (χ1n) is 10.5. The second kappa shape index (κ2) is 12.1. The topological polar surface area (TPSA) is 91.2 Å². The lowest BCUT2D eigenvalue weighted by Gasteiger charge is -2.12. The number of nitriles is 1. The molecule has 0 aliphatic carbocycles. The molecule has 0 aromatic heterocycles. The number of hydrogen-bond acceptors (Lipinski definition) is 4. The van der Waals surface area contributed by atoms with Gasteiger partial charge in [0.05, 0.1) is 14.5 Å². The molecule has 0 saturated heterocycles. The van der Waals surface area contributed by atoms with Crippen molar-refractivity contribution < 1.29 is 27.5 Å². The third-order valence-electron chi connectivity index (χ3n) is 4.83. The summed E-state index contributed by atoms with van der Waals surface area (Å²) in [6.45, 7) is 1.66. The van der Waals surface area contributed by atoms with E-state index in [0.29, 0.717) is 25.9 Å². The molecule has 6 nitrogen and oxygen atoms in total. The quantitative estimate of drug-likeness (QED) is 0.214. The molecule has 0 atom stereocenters. The fourth-order valence-electron chi connectivity index (χ4n) is 3.06. The highest BCUT2D eigenvalue weighted by atomic mass is 79.9. The Balaban J connectivity index is 1.70. The van der Waals surface area contributed by atoms with Gasteiger partial charge < -0.3 is 15.4 Å². The number of anilines is 2. The molecule has 0 aliphatic rings. The van der Waals surface area contributed by atoms with E-state index < -0.39 is 17.6 Å². The van der Waals surface area contributed by atoms with Crippen molar-refractivity contribution in [3.63, 3.8) is 0 Å². The molecule has 0 unspecified atom stereocenters. The van der Waals surface area contributed by atoms with E-state index in [-0.39, 0.29) is 23.8 Å². The molecule has 0 spiro atoms. The van der Waals surface area contributed by atoms with Crippen molar-refractivity contribution in [1.82, 2.24) is 0 Å². The van der Waals surface area contributed by atoms with Crippen LogP contribution in [0.1, 0.15) is 16.7 Å². The van der Waals surface area contributed by atoms with Crippen LogP contribution in [0.3, 0.4) is 0 Å². The minimum absolute atomic E-state index is 0.101. The van der Waals surface area contributed by atoms with Gasteiger partial charge in [0, 0.05) is 11.4 Å². The van der Waals surface area contributed by atoms with Crippen LogP contribution in [0.15, 0.2) is 75.2 Å². The maximum Gasteiger partial charge on any atom is 0.416 e. The van der Waals surface area contributed by atoms with E-state index >= 15 is 0 Å². The first-order chi connectivity index (χ1) is 17.5. The Morgan fingerprint density at radius 1 is 1.00 bits per heavy atom. The second-order valence-corrected chi connectivity index (χ2v) is 9.43. The molecule has 0 radical (unpaired) electrons. The van der Waals surface area contributed by atoms with E-state index in [9.17, 15) is 28.0 Å². The van der Waals surface area contributed by atoms with Crippen LogP contribution in [0.25, 0.3) is 6.08 Å². The molecular weight excluding hydrogens is 619 g/mol. The third-order valence-corrected chi connectivity index (χ3v) is 6.01. The van der Waals surface area contributed by atoms with Gasteiger partial charge in [0.25, 0.3) is 11.8 Å². The zero-order valence-corrected chi connectivity index (χ0v) is 22.3. The van der Waals surface area contributed by atoms with Crippen LogP contribution in [0.5, 0.6) is 5.75 Å². The highest BCUT2D eigenvalue weighted by Gasteiger charge is 2.30. The molecular formula is C26H18Br2F3N3O3. The maximum absolute atomic E-state index is 12.9. The molecule has 2 N–H and O–H groups in total. The third kappa shape index (κ3) is 7.93. The van der Waals surface area contributed by atoms with Crippen LogP contribution in [0.2, 0.25) is 0 Å². The minimum Gasteiger partial charge on any atom is -0.481 e. The molecule has 2 amide bonds. The molecule has 11 heteroatoms. The van der Waals surface area contributed by atoms with Gasteiger partial charge in [-0.05, 0) is 92.9 Å². The number of carbonyl (C=O) groups is 2. The largest absolute Gasteiger partial charge is 0.481 e. The van der Waals surface area contributed by atoms with Crippen molar-refractivity contribution in [3.8, 4) is 11.8 Å². The Morgan fingerprint density at radius 2 is 1.65 bits per heavy atom. The summed E-state index contributed by atoms with van der Waals surface area (Å²) in [6.07, 6.45) is -3.30. The van der Waals surface area contributed by atoms with Gasteiger partial charge in [-0.1, -0.05) is 23.8 Å². The number of rotatable bonds is 7. The molecule has 0 heterocycles. The predicted octanol–water partition coefficient (Wildman–Crippen LogP) is 7.10. The molecule has 0 aliphatic heterocycles. The summed E-state index contributed by atoms with van der Waals surface area (Å²) in [6, 6.07) is 16.3. The lowest BCUT2D eigenvalue weighted by molar-refractivity contribution is -0.137. The number of ether oxygens (including phenoxy) is 1. The van der Waals surface area contributed by atoms with E-state index in [0.717, 1.165) is 23.8 Å². The number of amides is 2. The van der Waals surface area contributed by atoms with Crippen molar-refractivity contribution in [2.45, 2.75) is 13.1 Å². The van der Waals surface area contributed by atoms with E-state index in [2.05, 4.69) is 42.5 Å². The Labute approximate surface area is 227 Å². The fraction of sp³-hybridized carbons (Fsp3) is 0.115. The monoisotopic (exact) mass is 635 g/mol. The number of nitrogens with one attached hydrogen (secondary N) is 2. The lowest BCUT2D eigenvalue weighted by Crippen LogP contribution is -2.20. The Hall–Kier alpha value is -3.62. The fourth-order valence-corrected chi connectivity index (χ4v) is 4.51. The van der Waals surface area contributed by atoms with Crippen molar-refractivity contribution in [3.05, 3.63) is 91.9 Å². The SMILES string of the molecule is Cc1ccc(NC(=O)COc2c(Br)cc(/C=C(\C#N)C(=O)Nc3cccc(C(F)(F)F)c3)cc2Br)cc1. The minimum atomic E-state index is -4.57. The predicted molar refractivity (Wildman–Crippen MR) is 141 cm³/mol. The molecule has 37 heavy (non-hydrogen) atoms. The maximum atomic E-state index is 12.9. The van der Waals surface area contributed by atoms with Crippen molar-refractivity contribution in [2.75, 3.05) is 17.2 Å². The van der Waals surface area contributed by atoms with Crippen LogP contribution in [0, 0.1) is 18.3 Å². The number of benzene rings is 3. The van der Waals surface area contributed by atoms with Gasteiger partial charge >= 0.3 is 6.18 Å².